The number of hydrogen-bond acceptors (Lipinski definition) is 4. The molecule has 5 nitrogen and oxygen atoms in total. The molecule has 0 atom stereocenters. The number of nitrogens with one attached hydrogen (secondary N) is 2. The predicted octanol–water partition coefficient (Wildman–Crippen LogP) is 2.70. The second-order valence-corrected chi connectivity index (χ2v) is 5.24. The molecule has 1 aromatic carbocycles. The third-order valence-corrected chi connectivity index (χ3v) is 2.98. The van der Waals surface area contributed by atoms with E-state index in [4.69, 9.17) is 0 Å². The highest BCUT2D eigenvalue weighted by molar-refractivity contribution is 5.61. The van der Waals surface area contributed by atoms with Crippen LogP contribution in [-0.2, 0) is 0 Å². The summed E-state index contributed by atoms with van der Waals surface area (Å²) in [4.78, 5) is 20.8. The largest absolute Gasteiger partial charge is 0.378 e. The Balaban J connectivity index is 2.30. The van der Waals surface area contributed by atoms with Gasteiger partial charge in [-0.2, -0.15) is 0 Å². The summed E-state index contributed by atoms with van der Waals surface area (Å²) >= 11 is 0. The lowest BCUT2D eigenvalue weighted by molar-refractivity contribution is 0.812. The second kappa shape index (κ2) is 5.77. The number of aromatic amines is 1. The maximum Gasteiger partial charge on any atom is 0.252 e. The molecule has 0 spiro atoms. The third-order valence-electron chi connectivity index (χ3n) is 2.98. The van der Waals surface area contributed by atoms with Crippen molar-refractivity contribution in [2.75, 3.05) is 24.3 Å². The van der Waals surface area contributed by atoms with Crippen LogP contribution in [0.3, 0.4) is 0 Å². The van der Waals surface area contributed by atoms with Crippen LogP contribution >= 0.6 is 0 Å². The molecule has 0 unspecified atom stereocenters. The van der Waals surface area contributed by atoms with Crippen LogP contribution in [0.1, 0.15) is 25.5 Å². The van der Waals surface area contributed by atoms with Crippen LogP contribution < -0.4 is 15.8 Å². The number of H-pyrrole nitrogens is 1. The molecule has 0 aliphatic rings. The standard InChI is InChI=1S/C15H20N4O/c1-10(2)13-9-14(20)18-15(17-13)16-11-6-5-7-12(8-11)19(3)4/h5-10H,1-4H3,(H2,16,17,18,20). The fourth-order valence-corrected chi connectivity index (χ4v) is 1.83. The molecule has 0 fully saturated rings. The first-order valence-electron chi connectivity index (χ1n) is 6.61. The van der Waals surface area contributed by atoms with Crippen LogP contribution in [0.2, 0.25) is 0 Å². The smallest absolute Gasteiger partial charge is 0.252 e. The molecule has 20 heavy (non-hydrogen) atoms. The molecule has 2 N–H and O–H groups in total. The molecule has 1 heterocycles. The fraction of sp³-hybridized carbons (Fsp3) is 0.333. The van der Waals surface area contributed by atoms with Crippen molar-refractivity contribution < 1.29 is 0 Å². The van der Waals surface area contributed by atoms with Gasteiger partial charge in [0.1, 0.15) is 0 Å². The highest BCUT2D eigenvalue weighted by Crippen LogP contribution is 2.20. The average molecular weight is 272 g/mol. The molecule has 0 bridgehead atoms. The van der Waals surface area contributed by atoms with E-state index in [2.05, 4.69) is 15.3 Å². The number of aromatic nitrogens is 2. The van der Waals surface area contributed by atoms with Gasteiger partial charge in [0, 0.05) is 31.5 Å². The van der Waals surface area contributed by atoms with Crippen molar-refractivity contribution in [1.82, 2.24) is 9.97 Å². The molecule has 2 aromatic rings. The first-order valence-corrected chi connectivity index (χ1v) is 6.61. The van der Waals surface area contributed by atoms with Gasteiger partial charge in [-0.3, -0.25) is 9.78 Å². The summed E-state index contributed by atoms with van der Waals surface area (Å²) in [6.07, 6.45) is 0. The Morgan fingerprint density at radius 1 is 1.25 bits per heavy atom. The zero-order valence-corrected chi connectivity index (χ0v) is 12.3. The minimum absolute atomic E-state index is 0.144. The summed E-state index contributed by atoms with van der Waals surface area (Å²) in [6, 6.07) is 9.46. The van der Waals surface area contributed by atoms with Gasteiger partial charge in [0.2, 0.25) is 5.95 Å². The van der Waals surface area contributed by atoms with E-state index in [0.717, 1.165) is 17.1 Å². The van der Waals surface area contributed by atoms with Crippen LogP contribution in [0, 0.1) is 0 Å². The van der Waals surface area contributed by atoms with Crippen molar-refractivity contribution in [3.05, 3.63) is 46.4 Å². The molecule has 0 aliphatic carbocycles. The minimum Gasteiger partial charge on any atom is -0.378 e. The fourth-order valence-electron chi connectivity index (χ4n) is 1.83. The lowest BCUT2D eigenvalue weighted by Gasteiger charge is -2.14. The monoisotopic (exact) mass is 272 g/mol. The summed E-state index contributed by atoms with van der Waals surface area (Å²) in [7, 11) is 3.97. The quantitative estimate of drug-likeness (QED) is 0.898. The Kier molecular flexibility index (Phi) is 4.08. The molecular weight excluding hydrogens is 252 g/mol. The van der Waals surface area contributed by atoms with Crippen molar-refractivity contribution in [3.8, 4) is 0 Å². The van der Waals surface area contributed by atoms with Gasteiger partial charge in [0.15, 0.2) is 0 Å². The van der Waals surface area contributed by atoms with E-state index in [1.165, 1.54) is 6.07 Å². The molecule has 0 saturated carbocycles. The number of hydrogen-bond donors (Lipinski definition) is 2. The van der Waals surface area contributed by atoms with E-state index < -0.39 is 0 Å². The van der Waals surface area contributed by atoms with Crippen molar-refractivity contribution in [3.63, 3.8) is 0 Å². The molecule has 0 aliphatic heterocycles. The van der Waals surface area contributed by atoms with Crippen molar-refractivity contribution in [2.24, 2.45) is 0 Å². The summed E-state index contributed by atoms with van der Waals surface area (Å²) in [5, 5.41) is 3.14. The number of anilines is 3. The zero-order valence-electron chi connectivity index (χ0n) is 12.3. The molecule has 1 aromatic heterocycles. The Bertz CT molecular complexity index is 646. The molecular formula is C15H20N4O. The number of rotatable bonds is 4. The third kappa shape index (κ3) is 3.38. The Labute approximate surface area is 118 Å². The highest BCUT2D eigenvalue weighted by Gasteiger charge is 2.06. The molecule has 0 saturated heterocycles. The van der Waals surface area contributed by atoms with Gasteiger partial charge < -0.3 is 10.2 Å². The van der Waals surface area contributed by atoms with E-state index in [9.17, 15) is 4.79 Å². The van der Waals surface area contributed by atoms with Crippen LogP contribution in [0.5, 0.6) is 0 Å². The van der Waals surface area contributed by atoms with Crippen LogP contribution in [0.15, 0.2) is 35.1 Å². The lowest BCUT2D eigenvalue weighted by Crippen LogP contribution is -2.13. The summed E-state index contributed by atoms with van der Waals surface area (Å²) in [6.45, 7) is 4.02. The van der Waals surface area contributed by atoms with E-state index in [1.807, 2.05) is 57.1 Å². The van der Waals surface area contributed by atoms with Gasteiger partial charge in [-0.05, 0) is 24.1 Å². The van der Waals surface area contributed by atoms with Gasteiger partial charge in [0.05, 0.1) is 5.69 Å². The molecule has 2 rings (SSSR count). The minimum atomic E-state index is -0.144. The van der Waals surface area contributed by atoms with Gasteiger partial charge >= 0.3 is 0 Å². The summed E-state index contributed by atoms with van der Waals surface area (Å²) < 4.78 is 0. The molecule has 0 amide bonds. The normalized spacial score (nSPS) is 10.7. The van der Waals surface area contributed by atoms with Gasteiger partial charge in [-0.25, -0.2) is 4.98 Å². The first-order chi connectivity index (χ1) is 9.45. The Hall–Kier alpha value is -2.30. The Morgan fingerprint density at radius 3 is 2.65 bits per heavy atom. The second-order valence-electron chi connectivity index (χ2n) is 5.24. The summed E-state index contributed by atoms with van der Waals surface area (Å²) in [5.74, 6) is 0.683. The lowest BCUT2D eigenvalue weighted by atomic mass is 10.1. The average Bonchev–Trinajstić information content (AvgIpc) is 2.38. The van der Waals surface area contributed by atoms with E-state index in [0.29, 0.717) is 5.95 Å². The van der Waals surface area contributed by atoms with E-state index in [1.54, 1.807) is 0 Å². The number of benzene rings is 1. The Morgan fingerprint density at radius 2 is 2.00 bits per heavy atom. The number of nitrogens with zero attached hydrogens (tertiary/aromatic N) is 2. The van der Waals surface area contributed by atoms with Gasteiger partial charge in [-0.1, -0.05) is 19.9 Å². The molecule has 106 valence electrons. The van der Waals surface area contributed by atoms with Crippen molar-refractivity contribution in [2.45, 2.75) is 19.8 Å². The van der Waals surface area contributed by atoms with Crippen LogP contribution in [0.25, 0.3) is 0 Å². The van der Waals surface area contributed by atoms with Crippen molar-refractivity contribution >= 4 is 17.3 Å². The van der Waals surface area contributed by atoms with Gasteiger partial charge in [0.25, 0.3) is 5.56 Å². The van der Waals surface area contributed by atoms with Gasteiger partial charge in [-0.15, -0.1) is 0 Å². The van der Waals surface area contributed by atoms with E-state index >= 15 is 0 Å². The topological polar surface area (TPSA) is 61.0 Å². The van der Waals surface area contributed by atoms with Crippen molar-refractivity contribution in [1.29, 1.82) is 0 Å². The highest BCUT2D eigenvalue weighted by atomic mass is 16.1. The maximum absolute atomic E-state index is 11.6. The molecule has 5 heteroatoms. The predicted molar refractivity (Wildman–Crippen MR) is 83.0 cm³/mol. The summed E-state index contributed by atoms with van der Waals surface area (Å²) in [5.41, 5.74) is 2.60. The maximum atomic E-state index is 11.6. The first kappa shape index (κ1) is 14.1. The zero-order chi connectivity index (χ0) is 14.7. The molecule has 0 radical (unpaired) electrons. The SMILES string of the molecule is CC(C)c1cc(=O)[nH]c(Nc2cccc(N(C)C)c2)n1. The van der Waals surface area contributed by atoms with Crippen LogP contribution in [0.4, 0.5) is 17.3 Å². The van der Waals surface area contributed by atoms with Crippen LogP contribution in [-0.4, -0.2) is 24.1 Å². The van der Waals surface area contributed by atoms with E-state index in [-0.39, 0.29) is 11.5 Å².